The van der Waals surface area contributed by atoms with Gasteiger partial charge in [-0.05, 0) is 13.8 Å². The van der Waals surface area contributed by atoms with Crippen LogP contribution in [0.2, 0.25) is 0 Å². The van der Waals surface area contributed by atoms with Crippen LogP contribution in [0.3, 0.4) is 0 Å². The molecular formula is C8H19NO2. The Morgan fingerprint density at radius 1 is 1.27 bits per heavy atom. The van der Waals surface area contributed by atoms with Gasteiger partial charge in [-0.2, -0.15) is 0 Å². The summed E-state index contributed by atoms with van der Waals surface area (Å²) in [6.07, 6.45) is 0.273. The van der Waals surface area contributed by atoms with Crippen molar-refractivity contribution in [2.24, 2.45) is 0 Å². The van der Waals surface area contributed by atoms with Crippen LogP contribution in [0.5, 0.6) is 0 Å². The lowest BCUT2D eigenvalue weighted by Gasteiger charge is -2.15. The maximum atomic E-state index is 5.08. The zero-order valence-corrected chi connectivity index (χ0v) is 7.89. The Hall–Kier alpha value is -0.120. The SMILES string of the molecule is COCC(C)NCC(C)OC. The second-order valence-corrected chi connectivity index (χ2v) is 2.81. The Morgan fingerprint density at radius 3 is 2.36 bits per heavy atom. The number of hydrogen-bond acceptors (Lipinski definition) is 3. The first kappa shape index (κ1) is 10.9. The molecule has 0 aliphatic heterocycles. The average Bonchev–Trinajstić information content (AvgIpc) is 2.01. The van der Waals surface area contributed by atoms with Crippen molar-refractivity contribution in [1.82, 2.24) is 5.32 Å². The van der Waals surface area contributed by atoms with E-state index in [1.165, 1.54) is 0 Å². The van der Waals surface area contributed by atoms with Crippen LogP contribution in [-0.4, -0.2) is 39.5 Å². The lowest BCUT2D eigenvalue weighted by Crippen LogP contribution is -2.35. The minimum atomic E-state index is 0.273. The van der Waals surface area contributed by atoms with Gasteiger partial charge in [0.15, 0.2) is 0 Å². The smallest absolute Gasteiger partial charge is 0.0667 e. The molecule has 0 spiro atoms. The standard InChI is InChI=1S/C8H19NO2/c1-7(6-10-3)9-5-8(2)11-4/h7-9H,5-6H2,1-4H3. The molecule has 0 fully saturated rings. The molecule has 0 aromatic heterocycles. The molecule has 2 atom stereocenters. The maximum Gasteiger partial charge on any atom is 0.0667 e. The first-order chi connectivity index (χ1) is 5.20. The minimum absolute atomic E-state index is 0.273. The van der Waals surface area contributed by atoms with E-state index in [-0.39, 0.29) is 6.10 Å². The quantitative estimate of drug-likeness (QED) is 0.620. The normalized spacial score (nSPS) is 16.4. The number of hydrogen-bond donors (Lipinski definition) is 1. The van der Waals surface area contributed by atoms with Crippen molar-refractivity contribution in [3.63, 3.8) is 0 Å². The van der Waals surface area contributed by atoms with Crippen molar-refractivity contribution in [1.29, 1.82) is 0 Å². The van der Waals surface area contributed by atoms with Crippen LogP contribution in [0, 0.1) is 0 Å². The lowest BCUT2D eigenvalue weighted by atomic mass is 10.3. The first-order valence-electron chi connectivity index (χ1n) is 3.95. The van der Waals surface area contributed by atoms with Crippen molar-refractivity contribution in [3.05, 3.63) is 0 Å². The van der Waals surface area contributed by atoms with Crippen LogP contribution in [0.1, 0.15) is 13.8 Å². The number of nitrogens with one attached hydrogen (secondary N) is 1. The molecule has 0 heterocycles. The van der Waals surface area contributed by atoms with E-state index in [1.807, 2.05) is 6.92 Å². The molecule has 0 saturated heterocycles. The summed E-state index contributed by atoms with van der Waals surface area (Å²) in [4.78, 5) is 0. The van der Waals surface area contributed by atoms with Gasteiger partial charge in [0, 0.05) is 26.8 Å². The second kappa shape index (κ2) is 6.58. The van der Waals surface area contributed by atoms with Gasteiger partial charge >= 0.3 is 0 Å². The molecule has 0 aromatic rings. The van der Waals surface area contributed by atoms with E-state index in [2.05, 4.69) is 12.2 Å². The van der Waals surface area contributed by atoms with Gasteiger partial charge in [0.05, 0.1) is 12.7 Å². The molecule has 1 N–H and O–H groups in total. The minimum Gasteiger partial charge on any atom is -0.383 e. The van der Waals surface area contributed by atoms with E-state index >= 15 is 0 Å². The predicted octanol–water partition coefficient (Wildman–Crippen LogP) is 0.646. The van der Waals surface area contributed by atoms with Gasteiger partial charge in [0.1, 0.15) is 0 Å². The largest absolute Gasteiger partial charge is 0.383 e. The van der Waals surface area contributed by atoms with E-state index < -0.39 is 0 Å². The third-order valence-electron chi connectivity index (χ3n) is 1.57. The van der Waals surface area contributed by atoms with Crippen molar-refractivity contribution in [2.75, 3.05) is 27.4 Å². The number of rotatable bonds is 6. The lowest BCUT2D eigenvalue weighted by molar-refractivity contribution is 0.107. The molecule has 0 aromatic carbocycles. The van der Waals surface area contributed by atoms with Crippen LogP contribution in [0.25, 0.3) is 0 Å². The number of methoxy groups -OCH3 is 2. The van der Waals surface area contributed by atoms with Gasteiger partial charge in [0.2, 0.25) is 0 Å². The van der Waals surface area contributed by atoms with Crippen molar-refractivity contribution in [2.45, 2.75) is 26.0 Å². The highest BCUT2D eigenvalue weighted by atomic mass is 16.5. The summed E-state index contributed by atoms with van der Waals surface area (Å²) in [5.41, 5.74) is 0. The third-order valence-corrected chi connectivity index (χ3v) is 1.57. The summed E-state index contributed by atoms with van der Waals surface area (Å²) in [6, 6.07) is 0.401. The fourth-order valence-corrected chi connectivity index (χ4v) is 0.759. The predicted molar refractivity (Wildman–Crippen MR) is 45.8 cm³/mol. The maximum absolute atomic E-state index is 5.08. The summed E-state index contributed by atoms with van der Waals surface area (Å²) in [7, 11) is 3.42. The Balaban J connectivity index is 3.22. The Kier molecular flexibility index (Phi) is 6.51. The third kappa shape index (κ3) is 6.28. The highest BCUT2D eigenvalue weighted by Gasteiger charge is 2.02. The number of ether oxygens (including phenoxy) is 2. The van der Waals surface area contributed by atoms with Crippen molar-refractivity contribution < 1.29 is 9.47 Å². The first-order valence-corrected chi connectivity index (χ1v) is 3.95. The topological polar surface area (TPSA) is 30.5 Å². The Morgan fingerprint density at radius 2 is 1.91 bits per heavy atom. The van der Waals surface area contributed by atoms with Gasteiger partial charge in [-0.3, -0.25) is 0 Å². The molecule has 11 heavy (non-hydrogen) atoms. The van der Waals surface area contributed by atoms with Crippen LogP contribution < -0.4 is 5.32 Å². The second-order valence-electron chi connectivity index (χ2n) is 2.81. The van der Waals surface area contributed by atoms with Crippen LogP contribution in [-0.2, 0) is 9.47 Å². The van der Waals surface area contributed by atoms with Gasteiger partial charge in [-0.1, -0.05) is 0 Å². The van der Waals surface area contributed by atoms with Gasteiger partial charge in [0.25, 0.3) is 0 Å². The monoisotopic (exact) mass is 161 g/mol. The summed E-state index contributed by atoms with van der Waals surface area (Å²) >= 11 is 0. The van der Waals surface area contributed by atoms with E-state index in [4.69, 9.17) is 9.47 Å². The van der Waals surface area contributed by atoms with Gasteiger partial charge in [-0.15, -0.1) is 0 Å². The fourth-order valence-electron chi connectivity index (χ4n) is 0.759. The molecule has 3 heteroatoms. The fraction of sp³-hybridized carbons (Fsp3) is 1.00. The van der Waals surface area contributed by atoms with E-state index in [0.29, 0.717) is 6.04 Å². The molecule has 0 rings (SSSR count). The van der Waals surface area contributed by atoms with Crippen LogP contribution >= 0.6 is 0 Å². The van der Waals surface area contributed by atoms with E-state index in [9.17, 15) is 0 Å². The summed E-state index contributed by atoms with van der Waals surface area (Å²) in [5.74, 6) is 0. The molecule has 0 amide bonds. The van der Waals surface area contributed by atoms with Crippen molar-refractivity contribution in [3.8, 4) is 0 Å². The van der Waals surface area contributed by atoms with Gasteiger partial charge in [-0.25, -0.2) is 0 Å². The molecule has 68 valence electrons. The van der Waals surface area contributed by atoms with Gasteiger partial charge < -0.3 is 14.8 Å². The Labute approximate surface area is 69.1 Å². The molecule has 0 aliphatic rings. The molecule has 2 unspecified atom stereocenters. The van der Waals surface area contributed by atoms with Crippen LogP contribution in [0.4, 0.5) is 0 Å². The Bertz CT molecular complexity index is 88.2. The van der Waals surface area contributed by atoms with E-state index in [0.717, 1.165) is 13.2 Å². The molecule has 0 bridgehead atoms. The molecule has 0 radical (unpaired) electrons. The molecular weight excluding hydrogens is 142 g/mol. The molecule has 3 nitrogen and oxygen atoms in total. The van der Waals surface area contributed by atoms with E-state index in [1.54, 1.807) is 14.2 Å². The zero-order valence-electron chi connectivity index (χ0n) is 7.89. The van der Waals surface area contributed by atoms with Crippen LogP contribution in [0.15, 0.2) is 0 Å². The summed E-state index contributed by atoms with van der Waals surface area (Å²) < 4.78 is 10.0. The summed E-state index contributed by atoms with van der Waals surface area (Å²) in [6.45, 7) is 5.75. The molecule has 0 aliphatic carbocycles. The van der Waals surface area contributed by atoms with Crippen molar-refractivity contribution >= 4 is 0 Å². The highest BCUT2D eigenvalue weighted by Crippen LogP contribution is 1.87. The molecule has 0 saturated carbocycles. The average molecular weight is 161 g/mol. The zero-order chi connectivity index (χ0) is 8.69. The highest BCUT2D eigenvalue weighted by molar-refractivity contribution is 4.61. The summed E-state index contributed by atoms with van der Waals surface area (Å²) in [5, 5.41) is 3.28.